The normalized spacial score (nSPS) is 11.8. The molecule has 1 heteroatoms. The van der Waals surface area contributed by atoms with Crippen molar-refractivity contribution < 1.29 is 4.79 Å². The van der Waals surface area contributed by atoms with Crippen molar-refractivity contribution in [3.8, 4) is 0 Å². The molecule has 0 atom stereocenters. The lowest BCUT2D eigenvalue weighted by Crippen LogP contribution is -2.05. The van der Waals surface area contributed by atoms with Gasteiger partial charge in [-0.25, -0.2) is 0 Å². The second-order valence-electron chi connectivity index (χ2n) is 3.95. The van der Waals surface area contributed by atoms with Gasteiger partial charge in [0.1, 0.15) is 6.29 Å². The third-order valence-electron chi connectivity index (χ3n) is 2.13. The van der Waals surface area contributed by atoms with E-state index in [-0.39, 0.29) is 5.41 Å². The van der Waals surface area contributed by atoms with Crippen LogP contribution in [0.1, 0.15) is 39.5 Å². The number of carbonyl (C=O) groups is 1. The van der Waals surface area contributed by atoms with E-state index in [1.54, 1.807) is 0 Å². The largest absolute Gasteiger partial charge is 0.303 e. The van der Waals surface area contributed by atoms with Gasteiger partial charge in [0.25, 0.3) is 0 Å². The lowest BCUT2D eigenvalue weighted by atomic mass is 9.88. The molecule has 0 amide bonds. The summed E-state index contributed by atoms with van der Waals surface area (Å²) in [5.41, 5.74) is 0.231. The molecule has 1 nitrogen and oxygen atoms in total. The van der Waals surface area contributed by atoms with Crippen LogP contribution in [-0.4, -0.2) is 6.29 Å². The second kappa shape index (κ2) is 6.64. The van der Waals surface area contributed by atoms with E-state index >= 15 is 0 Å². The van der Waals surface area contributed by atoms with Gasteiger partial charge in [0.2, 0.25) is 0 Å². The van der Waals surface area contributed by atoms with E-state index < -0.39 is 0 Å². The molecule has 0 radical (unpaired) electrons. The predicted molar refractivity (Wildman–Crippen MR) is 57.7 cm³/mol. The van der Waals surface area contributed by atoms with Crippen LogP contribution in [0.25, 0.3) is 0 Å². The summed E-state index contributed by atoms with van der Waals surface area (Å²) in [6.45, 7) is 8.15. The maximum Gasteiger partial charge on any atom is 0.120 e. The molecule has 0 heterocycles. The number of unbranched alkanes of at least 4 members (excludes halogenated alkanes) is 1. The van der Waals surface area contributed by atoms with Gasteiger partial charge in [0.05, 0.1) is 0 Å². The summed E-state index contributed by atoms with van der Waals surface area (Å²) >= 11 is 0. The lowest BCUT2D eigenvalue weighted by molar-refractivity contribution is -0.107. The quantitative estimate of drug-likeness (QED) is 0.333. The molecule has 0 fully saturated rings. The molecule has 0 N–H and O–H groups in total. The van der Waals surface area contributed by atoms with E-state index in [4.69, 9.17) is 0 Å². The third-order valence-corrected chi connectivity index (χ3v) is 2.13. The van der Waals surface area contributed by atoms with Crippen molar-refractivity contribution in [3.63, 3.8) is 0 Å². The molecular formula is C12H20O. The number of carbonyl (C=O) groups excluding carboxylic acids is 1. The van der Waals surface area contributed by atoms with Crippen molar-refractivity contribution in [2.75, 3.05) is 0 Å². The fourth-order valence-electron chi connectivity index (χ4n) is 0.957. The number of allylic oxidation sites excluding steroid dienone is 3. The van der Waals surface area contributed by atoms with Crippen LogP contribution in [0.2, 0.25) is 0 Å². The SMILES string of the molecule is C=CC(C)(C)CCC=CCCC=O. The van der Waals surface area contributed by atoms with Gasteiger partial charge in [0, 0.05) is 6.42 Å². The molecule has 74 valence electrons. The first-order valence-corrected chi connectivity index (χ1v) is 4.84. The van der Waals surface area contributed by atoms with Crippen molar-refractivity contribution >= 4 is 6.29 Å². The summed E-state index contributed by atoms with van der Waals surface area (Å²) < 4.78 is 0. The Hall–Kier alpha value is -0.850. The highest BCUT2D eigenvalue weighted by molar-refractivity contribution is 5.49. The van der Waals surface area contributed by atoms with Gasteiger partial charge in [0.15, 0.2) is 0 Å². The molecule has 0 saturated carbocycles. The van der Waals surface area contributed by atoms with Gasteiger partial charge in [-0.3, -0.25) is 0 Å². The minimum atomic E-state index is 0.231. The van der Waals surface area contributed by atoms with E-state index in [0.717, 1.165) is 25.5 Å². The zero-order valence-electron chi connectivity index (χ0n) is 8.75. The van der Waals surface area contributed by atoms with Crippen LogP contribution in [0.3, 0.4) is 0 Å². The van der Waals surface area contributed by atoms with Crippen LogP contribution in [0.5, 0.6) is 0 Å². The fraction of sp³-hybridized carbons (Fsp3) is 0.583. The van der Waals surface area contributed by atoms with Crippen LogP contribution < -0.4 is 0 Å². The smallest absolute Gasteiger partial charge is 0.120 e. The van der Waals surface area contributed by atoms with Gasteiger partial charge >= 0.3 is 0 Å². The molecule has 0 aromatic heterocycles. The first-order chi connectivity index (χ1) is 6.12. The molecule has 0 aliphatic carbocycles. The summed E-state index contributed by atoms with van der Waals surface area (Å²) in [4.78, 5) is 10.00. The van der Waals surface area contributed by atoms with E-state index in [0.29, 0.717) is 6.42 Å². The summed E-state index contributed by atoms with van der Waals surface area (Å²) in [7, 11) is 0. The van der Waals surface area contributed by atoms with E-state index in [9.17, 15) is 4.79 Å². The average Bonchev–Trinajstić information content (AvgIpc) is 2.11. The first kappa shape index (κ1) is 12.2. The third kappa shape index (κ3) is 7.51. The Morgan fingerprint density at radius 2 is 1.77 bits per heavy atom. The van der Waals surface area contributed by atoms with Gasteiger partial charge in [-0.2, -0.15) is 0 Å². The highest BCUT2D eigenvalue weighted by atomic mass is 16.1. The molecule has 0 saturated heterocycles. The molecule has 0 aliphatic rings. The average molecular weight is 180 g/mol. The van der Waals surface area contributed by atoms with Crippen molar-refractivity contribution in [2.24, 2.45) is 5.41 Å². The van der Waals surface area contributed by atoms with Gasteiger partial charge in [-0.1, -0.05) is 32.1 Å². The fourth-order valence-corrected chi connectivity index (χ4v) is 0.957. The maximum absolute atomic E-state index is 10.00. The minimum Gasteiger partial charge on any atom is -0.303 e. The zero-order chi connectivity index (χ0) is 10.2. The Bertz CT molecular complexity index is 178. The Balaban J connectivity index is 3.49. The van der Waals surface area contributed by atoms with Crippen LogP contribution in [0.15, 0.2) is 24.8 Å². The Morgan fingerprint density at radius 1 is 1.15 bits per heavy atom. The van der Waals surface area contributed by atoms with E-state index in [1.807, 2.05) is 6.08 Å². The molecule has 0 rings (SSSR count). The second-order valence-corrected chi connectivity index (χ2v) is 3.95. The van der Waals surface area contributed by atoms with Crippen LogP contribution in [0, 0.1) is 5.41 Å². The number of rotatable bonds is 7. The predicted octanol–water partition coefficient (Wildman–Crippen LogP) is 3.51. The molecule has 0 unspecified atom stereocenters. The summed E-state index contributed by atoms with van der Waals surface area (Å²) in [6.07, 6.45) is 10.9. The Kier molecular flexibility index (Phi) is 6.21. The first-order valence-electron chi connectivity index (χ1n) is 4.84. The summed E-state index contributed by atoms with van der Waals surface area (Å²) in [5.74, 6) is 0. The zero-order valence-corrected chi connectivity index (χ0v) is 8.75. The highest BCUT2D eigenvalue weighted by Gasteiger charge is 2.10. The van der Waals surface area contributed by atoms with Gasteiger partial charge in [-0.05, 0) is 24.7 Å². The molecule has 0 aliphatic heterocycles. The molecule has 0 aromatic carbocycles. The molecule has 0 bridgehead atoms. The number of hydrogen-bond acceptors (Lipinski definition) is 1. The van der Waals surface area contributed by atoms with Crippen LogP contribution in [0.4, 0.5) is 0 Å². The van der Waals surface area contributed by atoms with Gasteiger partial charge < -0.3 is 4.79 Å². The molecular weight excluding hydrogens is 160 g/mol. The lowest BCUT2D eigenvalue weighted by Gasteiger charge is -2.17. The van der Waals surface area contributed by atoms with Crippen LogP contribution in [-0.2, 0) is 4.79 Å². The monoisotopic (exact) mass is 180 g/mol. The number of aldehydes is 1. The standard InChI is InChI=1S/C12H20O/c1-4-12(2,3)10-8-6-5-7-9-11-13/h4-6,11H,1,7-10H2,2-3H3. The van der Waals surface area contributed by atoms with E-state index in [1.165, 1.54) is 0 Å². The number of hydrogen-bond donors (Lipinski definition) is 0. The Morgan fingerprint density at radius 3 is 2.31 bits per heavy atom. The van der Waals surface area contributed by atoms with E-state index in [2.05, 4.69) is 32.6 Å². The van der Waals surface area contributed by atoms with Crippen LogP contribution >= 0.6 is 0 Å². The summed E-state index contributed by atoms with van der Waals surface area (Å²) in [5, 5.41) is 0. The van der Waals surface area contributed by atoms with Crippen molar-refractivity contribution in [1.29, 1.82) is 0 Å². The van der Waals surface area contributed by atoms with Crippen molar-refractivity contribution in [1.82, 2.24) is 0 Å². The molecule has 0 aromatic rings. The Labute approximate surface area is 81.5 Å². The summed E-state index contributed by atoms with van der Waals surface area (Å²) in [6, 6.07) is 0. The topological polar surface area (TPSA) is 17.1 Å². The molecule has 0 spiro atoms. The molecule has 13 heavy (non-hydrogen) atoms. The van der Waals surface area contributed by atoms with Crippen molar-refractivity contribution in [3.05, 3.63) is 24.8 Å². The van der Waals surface area contributed by atoms with Gasteiger partial charge in [-0.15, -0.1) is 6.58 Å². The van der Waals surface area contributed by atoms with Crippen molar-refractivity contribution in [2.45, 2.75) is 39.5 Å². The highest BCUT2D eigenvalue weighted by Crippen LogP contribution is 2.23. The minimum absolute atomic E-state index is 0.231. The maximum atomic E-state index is 10.00.